The molecule has 0 aromatic rings. The van der Waals surface area contributed by atoms with Crippen molar-refractivity contribution in [1.29, 1.82) is 0 Å². The molecule has 0 radical (unpaired) electrons. The summed E-state index contributed by atoms with van der Waals surface area (Å²) in [6.07, 6.45) is 5.92. The van der Waals surface area contributed by atoms with Gasteiger partial charge in [0.2, 0.25) is 0 Å². The van der Waals surface area contributed by atoms with Gasteiger partial charge in [-0.3, -0.25) is 0 Å². The highest BCUT2D eigenvalue weighted by molar-refractivity contribution is 9.09. The standard InChI is InChI=1S/C16H26BrCl/c1-11-6-7-12(17)15(4,5)16(11)9-8-14(2,3)13(18)10-16/h12-13H,1,6-10H2,2-5H3/t12-,13+,16-/m0/s1. The predicted molar refractivity (Wildman–Crippen MR) is 84.6 cm³/mol. The van der Waals surface area contributed by atoms with Crippen LogP contribution in [0.2, 0.25) is 0 Å². The molecule has 2 aliphatic rings. The topological polar surface area (TPSA) is 0 Å². The van der Waals surface area contributed by atoms with Crippen molar-refractivity contribution in [3.63, 3.8) is 0 Å². The van der Waals surface area contributed by atoms with Crippen molar-refractivity contribution in [3.8, 4) is 0 Å². The largest absolute Gasteiger partial charge is 0.122 e. The minimum Gasteiger partial charge on any atom is -0.122 e. The molecule has 2 aliphatic carbocycles. The third kappa shape index (κ3) is 2.00. The number of hydrogen-bond acceptors (Lipinski definition) is 0. The molecule has 0 unspecified atom stereocenters. The molecule has 2 fully saturated rings. The summed E-state index contributed by atoms with van der Waals surface area (Å²) in [5.41, 5.74) is 2.21. The fraction of sp³-hybridized carbons (Fsp3) is 0.875. The van der Waals surface area contributed by atoms with Gasteiger partial charge in [-0.1, -0.05) is 55.8 Å². The fourth-order valence-corrected chi connectivity index (χ4v) is 4.98. The average Bonchev–Trinajstić information content (AvgIpc) is 2.27. The Labute approximate surface area is 126 Å². The lowest BCUT2D eigenvalue weighted by atomic mass is 9.48. The summed E-state index contributed by atoms with van der Waals surface area (Å²) in [5, 5.41) is 0.264. The van der Waals surface area contributed by atoms with E-state index in [1.165, 1.54) is 24.8 Å². The van der Waals surface area contributed by atoms with Crippen molar-refractivity contribution in [2.75, 3.05) is 0 Å². The molecule has 0 N–H and O–H groups in total. The highest BCUT2D eigenvalue weighted by atomic mass is 79.9. The van der Waals surface area contributed by atoms with Crippen molar-refractivity contribution in [1.82, 2.24) is 0 Å². The number of hydrogen-bond donors (Lipinski definition) is 0. The summed E-state index contributed by atoms with van der Waals surface area (Å²) in [6, 6.07) is 0. The van der Waals surface area contributed by atoms with Gasteiger partial charge in [0.25, 0.3) is 0 Å². The van der Waals surface area contributed by atoms with Crippen LogP contribution in [0.4, 0.5) is 0 Å². The third-order valence-corrected chi connectivity index (χ3v) is 8.31. The van der Waals surface area contributed by atoms with Crippen molar-refractivity contribution in [2.24, 2.45) is 16.2 Å². The van der Waals surface area contributed by atoms with E-state index in [4.69, 9.17) is 11.6 Å². The van der Waals surface area contributed by atoms with Crippen LogP contribution >= 0.6 is 27.5 Å². The van der Waals surface area contributed by atoms with E-state index in [-0.39, 0.29) is 21.6 Å². The quantitative estimate of drug-likeness (QED) is 0.381. The second kappa shape index (κ2) is 4.52. The Bertz CT molecular complexity index is 358. The van der Waals surface area contributed by atoms with Crippen LogP contribution in [0, 0.1) is 16.2 Å². The van der Waals surface area contributed by atoms with Gasteiger partial charge in [-0.05, 0) is 48.3 Å². The van der Waals surface area contributed by atoms with Crippen LogP contribution in [-0.2, 0) is 0 Å². The van der Waals surface area contributed by atoms with Crippen LogP contribution in [0.5, 0.6) is 0 Å². The molecule has 0 aromatic heterocycles. The van der Waals surface area contributed by atoms with E-state index in [2.05, 4.69) is 50.2 Å². The molecule has 0 nitrogen and oxygen atoms in total. The van der Waals surface area contributed by atoms with Crippen molar-refractivity contribution in [2.45, 2.75) is 70.0 Å². The first kappa shape index (κ1) is 14.9. The van der Waals surface area contributed by atoms with E-state index in [0.29, 0.717) is 4.83 Å². The van der Waals surface area contributed by atoms with Crippen LogP contribution in [0.15, 0.2) is 12.2 Å². The molecule has 2 rings (SSSR count). The second-order valence-corrected chi connectivity index (χ2v) is 9.21. The van der Waals surface area contributed by atoms with Gasteiger partial charge in [0.05, 0.1) is 0 Å². The molecule has 0 aromatic carbocycles. The van der Waals surface area contributed by atoms with Crippen LogP contribution in [-0.4, -0.2) is 10.2 Å². The van der Waals surface area contributed by atoms with Crippen molar-refractivity contribution in [3.05, 3.63) is 12.2 Å². The first-order valence-corrected chi connectivity index (χ1v) is 8.45. The summed E-state index contributed by atoms with van der Waals surface area (Å²) in [6.45, 7) is 13.8. The first-order chi connectivity index (χ1) is 8.13. The summed E-state index contributed by atoms with van der Waals surface area (Å²) in [4.78, 5) is 0.584. The van der Waals surface area contributed by atoms with Gasteiger partial charge in [0.1, 0.15) is 0 Å². The zero-order chi connectivity index (χ0) is 13.8. The van der Waals surface area contributed by atoms with E-state index >= 15 is 0 Å². The molecular formula is C16H26BrCl. The number of halogens is 2. The van der Waals surface area contributed by atoms with Gasteiger partial charge in [-0.15, -0.1) is 11.6 Å². The highest BCUT2D eigenvalue weighted by Gasteiger charge is 2.56. The monoisotopic (exact) mass is 332 g/mol. The maximum atomic E-state index is 6.72. The maximum Gasteiger partial charge on any atom is 0.0395 e. The molecule has 2 heteroatoms. The van der Waals surface area contributed by atoms with Gasteiger partial charge in [0.15, 0.2) is 0 Å². The number of allylic oxidation sites excluding steroid dienone is 1. The predicted octanol–water partition coefficient (Wildman–Crippen LogP) is 5.93. The molecule has 2 saturated carbocycles. The fourth-order valence-electron chi connectivity index (χ4n) is 3.94. The average molecular weight is 334 g/mol. The van der Waals surface area contributed by atoms with Crippen molar-refractivity contribution < 1.29 is 0 Å². The molecule has 1 spiro atoms. The Morgan fingerprint density at radius 3 is 2.39 bits per heavy atom. The minimum absolute atomic E-state index is 0.237. The molecular weight excluding hydrogens is 308 g/mol. The molecule has 18 heavy (non-hydrogen) atoms. The molecule has 3 atom stereocenters. The SMILES string of the molecule is C=C1CC[C@H](Br)C(C)(C)[C@]12CCC(C)(C)[C@H](Cl)C2. The Hall–Kier alpha value is 0.510. The van der Waals surface area contributed by atoms with Gasteiger partial charge in [0, 0.05) is 10.2 Å². The van der Waals surface area contributed by atoms with E-state index in [9.17, 15) is 0 Å². The molecule has 0 amide bonds. The normalized spacial score (nSPS) is 43.1. The zero-order valence-electron chi connectivity index (χ0n) is 12.2. The molecule has 0 bridgehead atoms. The Kier molecular flexibility index (Phi) is 3.74. The molecule has 0 saturated heterocycles. The lowest BCUT2D eigenvalue weighted by Crippen LogP contribution is -2.53. The second-order valence-electron chi connectivity index (χ2n) is 7.57. The Morgan fingerprint density at radius 2 is 1.83 bits per heavy atom. The van der Waals surface area contributed by atoms with Gasteiger partial charge in [-0.2, -0.15) is 0 Å². The van der Waals surface area contributed by atoms with Gasteiger partial charge in [-0.25, -0.2) is 0 Å². The molecule has 104 valence electrons. The lowest BCUT2D eigenvalue weighted by Gasteiger charge is -2.59. The summed E-state index contributed by atoms with van der Waals surface area (Å²) >= 11 is 10.6. The van der Waals surface area contributed by atoms with E-state index in [1.807, 2.05) is 0 Å². The number of alkyl halides is 2. The summed E-state index contributed by atoms with van der Waals surface area (Å²) in [5.74, 6) is 0. The van der Waals surface area contributed by atoms with Gasteiger partial charge < -0.3 is 0 Å². The first-order valence-electron chi connectivity index (χ1n) is 7.10. The van der Waals surface area contributed by atoms with Crippen molar-refractivity contribution >= 4 is 27.5 Å². The van der Waals surface area contributed by atoms with Crippen LogP contribution in [0.1, 0.15) is 59.8 Å². The minimum atomic E-state index is 0.237. The van der Waals surface area contributed by atoms with Crippen LogP contribution < -0.4 is 0 Å². The van der Waals surface area contributed by atoms with Crippen LogP contribution in [0.3, 0.4) is 0 Å². The van der Waals surface area contributed by atoms with E-state index < -0.39 is 0 Å². The molecule has 0 aliphatic heterocycles. The molecule has 0 heterocycles. The smallest absolute Gasteiger partial charge is 0.0395 e. The number of rotatable bonds is 0. The summed E-state index contributed by atoms with van der Waals surface area (Å²) < 4.78 is 0. The lowest BCUT2D eigenvalue weighted by molar-refractivity contribution is 0.00723. The Balaban J connectivity index is 2.37. The van der Waals surface area contributed by atoms with E-state index in [0.717, 1.165) is 12.8 Å². The highest BCUT2D eigenvalue weighted by Crippen LogP contribution is 2.64. The Morgan fingerprint density at radius 1 is 1.22 bits per heavy atom. The van der Waals surface area contributed by atoms with E-state index in [1.54, 1.807) is 0 Å². The third-order valence-electron chi connectivity index (χ3n) is 5.96. The summed E-state index contributed by atoms with van der Waals surface area (Å²) in [7, 11) is 0. The van der Waals surface area contributed by atoms with Crippen LogP contribution in [0.25, 0.3) is 0 Å². The zero-order valence-corrected chi connectivity index (χ0v) is 14.5. The maximum absolute atomic E-state index is 6.72. The van der Waals surface area contributed by atoms with Gasteiger partial charge >= 0.3 is 0 Å².